The van der Waals surface area contributed by atoms with Gasteiger partial charge in [0, 0.05) is 6.07 Å². The standard InChI is InChI=1S/C12H14F2N2O2/c13-9-4-3-8(5-10(9)14)18-6-12(16,11(15)17)7-1-2-7/h3-5,7H,1-2,6,16H2,(H2,15,17). The van der Waals surface area contributed by atoms with Crippen molar-refractivity contribution in [2.45, 2.75) is 18.4 Å². The first-order valence-electron chi connectivity index (χ1n) is 5.60. The second kappa shape index (κ2) is 4.53. The second-order valence-corrected chi connectivity index (χ2v) is 4.54. The first-order valence-corrected chi connectivity index (χ1v) is 5.60. The summed E-state index contributed by atoms with van der Waals surface area (Å²) < 4.78 is 30.9. The Balaban J connectivity index is 2.05. The molecule has 4 nitrogen and oxygen atoms in total. The highest BCUT2D eigenvalue weighted by molar-refractivity contribution is 5.85. The lowest BCUT2D eigenvalue weighted by Gasteiger charge is -2.25. The van der Waals surface area contributed by atoms with E-state index in [0.29, 0.717) is 0 Å². The average Bonchev–Trinajstić information content (AvgIpc) is 3.14. The molecule has 1 saturated carbocycles. The van der Waals surface area contributed by atoms with Crippen LogP contribution < -0.4 is 16.2 Å². The summed E-state index contributed by atoms with van der Waals surface area (Å²) >= 11 is 0. The van der Waals surface area contributed by atoms with E-state index in [0.717, 1.165) is 25.0 Å². The van der Waals surface area contributed by atoms with Crippen molar-refractivity contribution in [2.75, 3.05) is 6.61 Å². The highest BCUT2D eigenvalue weighted by Gasteiger charge is 2.47. The fraction of sp³-hybridized carbons (Fsp3) is 0.417. The Morgan fingerprint density at radius 3 is 2.56 bits per heavy atom. The van der Waals surface area contributed by atoms with Crippen molar-refractivity contribution in [3.63, 3.8) is 0 Å². The minimum atomic E-state index is -1.25. The van der Waals surface area contributed by atoms with Crippen molar-refractivity contribution in [3.8, 4) is 5.75 Å². The Labute approximate surface area is 103 Å². The van der Waals surface area contributed by atoms with E-state index in [1.807, 2.05) is 0 Å². The first-order chi connectivity index (χ1) is 8.43. The van der Waals surface area contributed by atoms with E-state index in [1.165, 1.54) is 6.07 Å². The molecular weight excluding hydrogens is 242 g/mol. The summed E-state index contributed by atoms with van der Waals surface area (Å²) in [6.07, 6.45) is 1.64. The summed E-state index contributed by atoms with van der Waals surface area (Å²) in [5, 5.41) is 0. The van der Waals surface area contributed by atoms with E-state index >= 15 is 0 Å². The van der Waals surface area contributed by atoms with Crippen LogP contribution in [0.2, 0.25) is 0 Å². The van der Waals surface area contributed by atoms with E-state index in [9.17, 15) is 13.6 Å². The third-order valence-electron chi connectivity index (χ3n) is 3.13. The van der Waals surface area contributed by atoms with Crippen LogP contribution >= 0.6 is 0 Å². The van der Waals surface area contributed by atoms with Crippen molar-refractivity contribution >= 4 is 5.91 Å². The van der Waals surface area contributed by atoms with Gasteiger partial charge in [-0.15, -0.1) is 0 Å². The monoisotopic (exact) mass is 256 g/mol. The number of hydrogen-bond donors (Lipinski definition) is 2. The van der Waals surface area contributed by atoms with Crippen LogP contribution in [-0.4, -0.2) is 18.1 Å². The Bertz CT molecular complexity index is 477. The van der Waals surface area contributed by atoms with Gasteiger partial charge in [0.1, 0.15) is 17.9 Å². The van der Waals surface area contributed by atoms with Crippen LogP contribution in [0.3, 0.4) is 0 Å². The van der Waals surface area contributed by atoms with Gasteiger partial charge in [0.15, 0.2) is 11.6 Å². The second-order valence-electron chi connectivity index (χ2n) is 4.54. The summed E-state index contributed by atoms with van der Waals surface area (Å²) in [6.45, 7) is -0.141. The molecule has 6 heteroatoms. The highest BCUT2D eigenvalue weighted by atomic mass is 19.2. The van der Waals surface area contributed by atoms with E-state index < -0.39 is 23.1 Å². The number of halogens is 2. The third-order valence-corrected chi connectivity index (χ3v) is 3.13. The summed E-state index contributed by atoms with van der Waals surface area (Å²) in [5.41, 5.74) is 9.90. The number of primary amides is 1. The zero-order valence-corrected chi connectivity index (χ0v) is 9.66. The number of carbonyl (C=O) groups is 1. The lowest BCUT2D eigenvalue weighted by atomic mass is 9.95. The van der Waals surface area contributed by atoms with Crippen LogP contribution in [0.1, 0.15) is 12.8 Å². The molecule has 0 heterocycles. The fourth-order valence-corrected chi connectivity index (χ4v) is 1.76. The molecule has 1 aliphatic rings. The maximum absolute atomic E-state index is 13.0. The maximum Gasteiger partial charge on any atom is 0.241 e. The van der Waals surface area contributed by atoms with Gasteiger partial charge in [-0.1, -0.05) is 0 Å². The van der Waals surface area contributed by atoms with Gasteiger partial charge in [-0.3, -0.25) is 4.79 Å². The number of amides is 1. The molecule has 0 aliphatic heterocycles. The fourth-order valence-electron chi connectivity index (χ4n) is 1.76. The Hall–Kier alpha value is -1.69. The molecule has 2 rings (SSSR count). The molecule has 0 spiro atoms. The quantitative estimate of drug-likeness (QED) is 0.822. The van der Waals surface area contributed by atoms with E-state index in [2.05, 4.69) is 0 Å². The zero-order chi connectivity index (χ0) is 13.3. The highest BCUT2D eigenvalue weighted by Crippen LogP contribution is 2.38. The summed E-state index contributed by atoms with van der Waals surface area (Å²) in [4.78, 5) is 11.3. The van der Waals surface area contributed by atoms with Crippen LogP contribution in [0.5, 0.6) is 5.75 Å². The molecule has 1 amide bonds. The van der Waals surface area contributed by atoms with Crippen molar-refractivity contribution < 1.29 is 18.3 Å². The van der Waals surface area contributed by atoms with E-state index in [4.69, 9.17) is 16.2 Å². The molecule has 0 bridgehead atoms. The van der Waals surface area contributed by atoms with E-state index in [1.54, 1.807) is 0 Å². The van der Waals surface area contributed by atoms with Gasteiger partial charge >= 0.3 is 0 Å². The molecule has 4 N–H and O–H groups in total. The molecule has 1 aromatic rings. The van der Waals surface area contributed by atoms with Crippen molar-refractivity contribution in [3.05, 3.63) is 29.8 Å². The smallest absolute Gasteiger partial charge is 0.241 e. The number of rotatable bonds is 5. The molecule has 1 unspecified atom stereocenters. The molecule has 1 fully saturated rings. The number of ether oxygens (including phenoxy) is 1. The average molecular weight is 256 g/mol. The molecule has 0 saturated heterocycles. The Morgan fingerprint density at radius 2 is 2.06 bits per heavy atom. The first kappa shape index (κ1) is 12.8. The topological polar surface area (TPSA) is 78.3 Å². The third kappa shape index (κ3) is 2.43. The molecule has 18 heavy (non-hydrogen) atoms. The van der Waals surface area contributed by atoms with Crippen LogP contribution in [0, 0.1) is 17.6 Å². The lowest BCUT2D eigenvalue weighted by Crippen LogP contribution is -2.58. The van der Waals surface area contributed by atoms with Gasteiger partial charge < -0.3 is 16.2 Å². The van der Waals surface area contributed by atoms with Gasteiger partial charge in [-0.05, 0) is 30.9 Å². The zero-order valence-electron chi connectivity index (χ0n) is 9.66. The lowest BCUT2D eigenvalue weighted by molar-refractivity contribution is -0.125. The molecule has 98 valence electrons. The summed E-state index contributed by atoms with van der Waals surface area (Å²) in [7, 11) is 0. The van der Waals surface area contributed by atoms with Crippen LogP contribution in [0.15, 0.2) is 18.2 Å². The predicted octanol–water partition coefficient (Wildman–Crippen LogP) is 0.936. The van der Waals surface area contributed by atoms with Gasteiger partial charge in [-0.2, -0.15) is 0 Å². The van der Waals surface area contributed by atoms with Gasteiger partial charge in [-0.25, -0.2) is 8.78 Å². The number of benzene rings is 1. The summed E-state index contributed by atoms with van der Waals surface area (Å²) in [5.74, 6) is -2.50. The van der Waals surface area contributed by atoms with Crippen molar-refractivity contribution in [2.24, 2.45) is 17.4 Å². The Morgan fingerprint density at radius 1 is 1.39 bits per heavy atom. The SMILES string of the molecule is NC(=O)C(N)(COc1ccc(F)c(F)c1)C1CC1. The van der Waals surface area contributed by atoms with Gasteiger partial charge in [0.25, 0.3) is 0 Å². The molecule has 1 aromatic carbocycles. The van der Waals surface area contributed by atoms with Crippen molar-refractivity contribution in [1.82, 2.24) is 0 Å². The minimum Gasteiger partial charge on any atom is -0.491 e. The summed E-state index contributed by atoms with van der Waals surface area (Å²) in [6, 6.07) is 3.13. The number of carbonyl (C=O) groups excluding carboxylic acids is 1. The molecule has 0 radical (unpaired) electrons. The number of nitrogens with two attached hydrogens (primary N) is 2. The van der Waals surface area contributed by atoms with Crippen LogP contribution in [0.25, 0.3) is 0 Å². The van der Waals surface area contributed by atoms with Crippen molar-refractivity contribution in [1.29, 1.82) is 0 Å². The molecular formula is C12H14F2N2O2. The van der Waals surface area contributed by atoms with E-state index in [-0.39, 0.29) is 18.3 Å². The largest absolute Gasteiger partial charge is 0.491 e. The van der Waals surface area contributed by atoms with Crippen LogP contribution in [-0.2, 0) is 4.79 Å². The molecule has 0 aromatic heterocycles. The van der Waals surface area contributed by atoms with Gasteiger partial charge in [0.2, 0.25) is 5.91 Å². The Kier molecular flexibility index (Phi) is 3.21. The molecule has 1 aliphatic carbocycles. The minimum absolute atomic E-state index is 0.000273. The predicted molar refractivity (Wildman–Crippen MR) is 60.7 cm³/mol. The van der Waals surface area contributed by atoms with Crippen LogP contribution in [0.4, 0.5) is 8.78 Å². The molecule has 1 atom stereocenters. The number of hydrogen-bond acceptors (Lipinski definition) is 3. The maximum atomic E-state index is 13.0. The normalized spacial score (nSPS) is 18.2. The van der Waals surface area contributed by atoms with Gasteiger partial charge in [0.05, 0.1) is 0 Å².